The number of hydrogen-bond acceptors (Lipinski definition) is 3. The Morgan fingerprint density at radius 2 is 1.92 bits per heavy atom. The molecule has 1 aliphatic rings. The van der Waals surface area contributed by atoms with Gasteiger partial charge in [0.15, 0.2) is 6.29 Å². The first kappa shape index (κ1) is 9.96. The number of methoxy groups -OCH3 is 2. The molecule has 0 aromatic heterocycles. The van der Waals surface area contributed by atoms with Gasteiger partial charge in [0.2, 0.25) is 0 Å². The number of nitrogens with two attached hydrogens (primary N) is 1. The standard InChI is InChI=1S/C9H19NO2/c1-11-8(12-2)4-3-5-9(10)6-7-9/h8H,3-7,10H2,1-2H3. The molecule has 2 N–H and O–H groups in total. The molecule has 0 amide bonds. The molecule has 0 spiro atoms. The molecule has 12 heavy (non-hydrogen) atoms. The summed E-state index contributed by atoms with van der Waals surface area (Å²) in [7, 11) is 3.34. The van der Waals surface area contributed by atoms with Crippen LogP contribution in [0.1, 0.15) is 32.1 Å². The average molecular weight is 173 g/mol. The molecule has 0 aromatic carbocycles. The van der Waals surface area contributed by atoms with Crippen LogP contribution in [0.15, 0.2) is 0 Å². The van der Waals surface area contributed by atoms with Crippen LogP contribution in [-0.4, -0.2) is 26.0 Å². The van der Waals surface area contributed by atoms with Crippen molar-refractivity contribution in [3.8, 4) is 0 Å². The first-order chi connectivity index (χ1) is 5.70. The quantitative estimate of drug-likeness (QED) is 0.615. The Labute approximate surface area is 74.2 Å². The van der Waals surface area contributed by atoms with Crippen LogP contribution in [-0.2, 0) is 9.47 Å². The Morgan fingerprint density at radius 1 is 1.33 bits per heavy atom. The van der Waals surface area contributed by atoms with Gasteiger partial charge in [0.1, 0.15) is 0 Å². The molecule has 1 rings (SSSR count). The Hall–Kier alpha value is -0.120. The van der Waals surface area contributed by atoms with Gasteiger partial charge in [-0.25, -0.2) is 0 Å². The van der Waals surface area contributed by atoms with Crippen LogP contribution in [0, 0.1) is 0 Å². The molecule has 0 atom stereocenters. The third kappa shape index (κ3) is 3.09. The molecule has 0 saturated heterocycles. The predicted molar refractivity (Wildman–Crippen MR) is 47.8 cm³/mol. The van der Waals surface area contributed by atoms with Crippen LogP contribution in [0.4, 0.5) is 0 Å². The summed E-state index contributed by atoms with van der Waals surface area (Å²) in [6.45, 7) is 0. The molecule has 0 heterocycles. The van der Waals surface area contributed by atoms with Gasteiger partial charge in [-0.15, -0.1) is 0 Å². The summed E-state index contributed by atoms with van der Waals surface area (Å²) in [5.41, 5.74) is 6.11. The Morgan fingerprint density at radius 3 is 2.33 bits per heavy atom. The summed E-state index contributed by atoms with van der Waals surface area (Å²) in [5, 5.41) is 0. The van der Waals surface area contributed by atoms with E-state index in [1.807, 2.05) is 0 Å². The van der Waals surface area contributed by atoms with E-state index in [-0.39, 0.29) is 11.8 Å². The van der Waals surface area contributed by atoms with Gasteiger partial charge in [0.05, 0.1) is 0 Å². The molecule has 3 heteroatoms. The lowest BCUT2D eigenvalue weighted by atomic mass is 10.1. The third-order valence-electron chi connectivity index (χ3n) is 2.53. The van der Waals surface area contributed by atoms with E-state index in [0.29, 0.717) is 0 Å². The van der Waals surface area contributed by atoms with Crippen molar-refractivity contribution in [2.24, 2.45) is 5.73 Å². The topological polar surface area (TPSA) is 44.5 Å². The van der Waals surface area contributed by atoms with Crippen molar-refractivity contribution in [3.63, 3.8) is 0 Å². The monoisotopic (exact) mass is 173 g/mol. The van der Waals surface area contributed by atoms with Gasteiger partial charge in [0.25, 0.3) is 0 Å². The van der Waals surface area contributed by atoms with E-state index < -0.39 is 0 Å². The van der Waals surface area contributed by atoms with Crippen LogP contribution in [0.5, 0.6) is 0 Å². The zero-order chi connectivity index (χ0) is 9.03. The number of hydrogen-bond donors (Lipinski definition) is 1. The highest BCUT2D eigenvalue weighted by Gasteiger charge is 2.37. The zero-order valence-electron chi connectivity index (χ0n) is 8.01. The predicted octanol–water partition coefficient (Wildman–Crippen LogP) is 1.27. The number of rotatable bonds is 6. The summed E-state index contributed by atoms with van der Waals surface area (Å²) >= 11 is 0. The van der Waals surface area contributed by atoms with Crippen molar-refractivity contribution in [2.75, 3.05) is 14.2 Å². The average Bonchev–Trinajstić information content (AvgIpc) is 2.78. The van der Waals surface area contributed by atoms with Gasteiger partial charge >= 0.3 is 0 Å². The highest BCUT2D eigenvalue weighted by molar-refractivity contribution is 4.98. The van der Waals surface area contributed by atoms with Crippen LogP contribution in [0.3, 0.4) is 0 Å². The van der Waals surface area contributed by atoms with E-state index in [0.717, 1.165) is 19.3 Å². The molecule has 0 aliphatic heterocycles. The first-order valence-electron chi connectivity index (χ1n) is 4.55. The fraction of sp³-hybridized carbons (Fsp3) is 1.00. The van der Waals surface area contributed by atoms with E-state index in [1.54, 1.807) is 14.2 Å². The van der Waals surface area contributed by atoms with Crippen LogP contribution >= 0.6 is 0 Å². The molecule has 0 bridgehead atoms. The molecule has 72 valence electrons. The first-order valence-corrected chi connectivity index (χ1v) is 4.55. The van der Waals surface area contributed by atoms with Gasteiger partial charge < -0.3 is 15.2 Å². The second-order valence-corrected chi connectivity index (χ2v) is 3.66. The smallest absolute Gasteiger partial charge is 0.156 e. The molecule has 0 unspecified atom stereocenters. The Bertz CT molecular complexity index is 130. The van der Waals surface area contributed by atoms with Gasteiger partial charge in [-0.2, -0.15) is 0 Å². The van der Waals surface area contributed by atoms with E-state index in [1.165, 1.54) is 12.8 Å². The fourth-order valence-corrected chi connectivity index (χ4v) is 1.36. The minimum atomic E-state index is -0.0488. The zero-order valence-corrected chi connectivity index (χ0v) is 8.01. The van der Waals surface area contributed by atoms with Crippen molar-refractivity contribution in [3.05, 3.63) is 0 Å². The molecule has 1 fully saturated rings. The van der Waals surface area contributed by atoms with Crippen molar-refractivity contribution in [2.45, 2.75) is 43.9 Å². The SMILES string of the molecule is COC(CCCC1(N)CC1)OC. The van der Waals surface area contributed by atoms with Crippen molar-refractivity contribution < 1.29 is 9.47 Å². The van der Waals surface area contributed by atoms with Crippen molar-refractivity contribution in [1.82, 2.24) is 0 Å². The van der Waals surface area contributed by atoms with E-state index in [9.17, 15) is 0 Å². The maximum atomic E-state index is 5.93. The Balaban J connectivity index is 2.00. The fourth-order valence-electron chi connectivity index (χ4n) is 1.36. The maximum absolute atomic E-state index is 5.93. The highest BCUT2D eigenvalue weighted by atomic mass is 16.7. The molecular formula is C9H19NO2. The second-order valence-electron chi connectivity index (χ2n) is 3.66. The normalized spacial score (nSPS) is 20.0. The van der Waals surface area contributed by atoms with Gasteiger partial charge in [-0.3, -0.25) is 0 Å². The van der Waals surface area contributed by atoms with E-state index >= 15 is 0 Å². The molecular weight excluding hydrogens is 154 g/mol. The summed E-state index contributed by atoms with van der Waals surface area (Å²) in [6.07, 6.45) is 5.49. The minimum absolute atomic E-state index is 0.0488. The molecule has 1 aliphatic carbocycles. The van der Waals surface area contributed by atoms with E-state index in [2.05, 4.69) is 0 Å². The maximum Gasteiger partial charge on any atom is 0.156 e. The molecule has 0 radical (unpaired) electrons. The van der Waals surface area contributed by atoms with Crippen LogP contribution < -0.4 is 5.73 Å². The van der Waals surface area contributed by atoms with Crippen molar-refractivity contribution in [1.29, 1.82) is 0 Å². The largest absolute Gasteiger partial charge is 0.356 e. The Kier molecular flexibility index (Phi) is 3.50. The highest BCUT2D eigenvalue weighted by Crippen LogP contribution is 2.37. The summed E-state index contributed by atoms with van der Waals surface area (Å²) in [6, 6.07) is 0. The van der Waals surface area contributed by atoms with Gasteiger partial charge in [-0.05, 0) is 32.1 Å². The lowest BCUT2D eigenvalue weighted by Crippen LogP contribution is -2.22. The summed E-state index contributed by atoms with van der Waals surface area (Å²) < 4.78 is 10.1. The third-order valence-corrected chi connectivity index (χ3v) is 2.53. The summed E-state index contributed by atoms with van der Waals surface area (Å²) in [4.78, 5) is 0. The lowest BCUT2D eigenvalue weighted by molar-refractivity contribution is -0.107. The summed E-state index contributed by atoms with van der Waals surface area (Å²) in [5.74, 6) is 0. The van der Waals surface area contributed by atoms with Gasteiger partial charge in [0, 0.05) is 19.8 Å². The lowest BCUT2D eigenvalue weighted by Gasteiger charge is -2.14. The molecule has 1 saturated carbocycles. The van der Waals surface area contributed by atoms with Gasteiger partial charge in [-0.1, -0.05) is 0 Å². The second kappa shape index (κ2) is 4.21. The molecule has 3 nitrogen and oxygen atoms in total. The molecule has 0 aromatic rings. The van der Waals surface area contributed by atoms with Crippen LogP contribution in [0.25, 0.3) is 0 Å². The van der Waals surface area contributed by atoms with Crippen molar-refractivity contribution >= 4 is 0 Å². The minimum Gasteiger partial charge on any atom is -0.356 e. The van der Waals surface area contributed by atoms with Crippen LogP contribution in [0.2, 0.25) is 0 Å². The number of ether oxygens (including phenoxy) is 2. The van der Waals surface area contributed by atoms with E-state index in [4.69, 9.17) is 15.2 Å².